The molecule has 3 amide bonds. The zero-order valence-electron chi connectivity index (χ0n) is 23.9. The molecule has 6 atom stereocenters. The third-order valence-electron chi connectivity index (χ3n) is 9.10. The summed E-state index contributed by atoms with van der Waals surface area (Å²) in [5.41, 5.74) is 1.04. The molecule has 2 aliphatic heterocycles. The lowest BCUT2D eigenvalue weighted by molar-refractivity contribution is -0.125. The maximum atomic E-state index is 13.3. The minimum atomic E-state index is -0.781. The number of benzene rings is 1. The van der Waals surface area contributed by atoms with Crippen molar-refractivity contribution in [1.82, 2.24) is 16.0 Å². The van der Waals surface area contributed by atoms with Gasteiger partial charge >= 0.3 is 6.09 Å². The predicted molar refractivity (Wildman–Crippen MR) is 163 cm³/mol. The van der Waals surface area contributed by atoms with Crippen molar-refractivity contribution in [2.24, 2.45) is 17.8 Å². The molecule has 0 spiro atoms. The molecule has 0 radical (unpaired) electrons. The second-order valence-electron chi connectivity index (χ2n) is 11.9. The highest BCUT2D eigenvalue weighted by molar-refractivity contribution is 8.01. The van der Waals surface area contributed by atoms with Gasteiger partial charge in [-0.05, 0) is 48.8 Å². The highest BCUT2D eigenvalue weighted by Crippen LogP contribution is 2.41. The van der Waals surface area contributed by atoms with Crippen molar-refractivity contribution < 1.29 is 23.9 Å². The number of nitrogens with one attached hydrogen (secondary N) is 3. The Morgan fingerprint density at radius 2 is 1.63 bits per heavy atom. The van der Waals surface area contributed by atoms with Crippen molar-refractivity contribution in [2.75, 3.05) is 19.0 Å². The molecule has 1 aromatic carbocycles. The molecule has 3 N–H and O–H groups in total. The van der Waals surface area contributed by atoms with Gasteiger partial charge in [-0.25, -0.2) is 4.79 Å². The predicted octanol–water partition coefficient (Wildman–Crippen LogP) is 5.21. The van der Waals surface area contributed by atoms with E-state index >= 15 is 0 Å². The molecular formula is C31H45N3O5S2. The van der Waals surface area contributed by atoms with Gasteiger partial charge in [0.1, 0.15) is 12.0 Å². The summed E-state index contributed by atoms with van der Waals surface area (Å²) in [4.78, 5) is 38.3. The zero-order valence-corrected chi connectivity index (χ0v) is 25.5. The number of hydrogen-bond donors (Lipinski definition) is 3. The molecule has 2 saturated heterocycles. The first-order valence-electron chi connectivity index (χ1n) is 15.5. The highest BCUT2D eigenvalue weighted by Gasteiger charge is 2.42. The Morgan fingerprint density at radius 3 is 2.46 bits per heavy atom. The summed E-state index contributed by atoms with van der Waals surface area (Å²) in [5.74, 6) is 1.57. The van der Waals surface area contributed by atoms with E-state index in [1.807, 2.05) is 30.3 Å². The molecular weight excluding hydrogens is 558 g/mol. The van der Waals surface area contributed by atoms with Crippen LogP contribution in [-0.4, -0.2) is 58.9 Å². The fourth-order valence-electron chi connectivity index (χ4n) is 6.89. The van der Waals surface area contributed by atoms with Crippen LogP contribution in [0.2, 0.25) is 0 Å². The monoisotopic (exact) mass is 603 g/mol. The molecule has 41 heavy (non-hydrogen) atoms. The van der Waals surface area contributed by atoms with Gasteiger partial charge in [-0.3, -0.25) is 20.2 Å². The van der Waals surface area contributed by atoms with E-state index in [0.717, 1.165) is 36.0 Å². The Hall–Kier alpha value is -1.75. The molecule has 2 saturated carbocycles. The number of amides is 3. The third-order valence-corrected chi connectivity index (χ3v) is 11.9. The largest absolute Gasteiger partial charge is 0.447 e. The highest BCUT2D eigenvalue weighted by atomic mass is 32.2. The lowest BCUT2D eigenvalue weighted by Crippen LogP contribution is -2.49. The van der Waals surface area contributed by atoms with Gasteiger partial charge in [0, 0.05) is 11.3 Å². The van der Waals surface area contributed by atoms with Crippen LogP contribution in [-0.2, 0) is 25.7 Å². The standard InChI is InChI=1S/C31H45N3O5S2/c35-27(34-31(37)39-18-17-38-20-21-8-3-1-4-9-21)24-16-19-40-29(24)33-28(36)30-32-25-15-14-23(12-7-13-26(25)41-30)22-10-5-2-6-11-22/h1,3-4,8-9,22-26,29-30,32H,2,5-7,10-20H2,(H,33,36)(H,34,35,37). The Morgan fingerprint density at radius 1 is 0.854 bits per heavy atom. The molecule has 5 rings (SSSR count). The average molecular weight is 604 g/mol. The topological polar surface area (TPSA) is 106 Å². The number of hydrogen-bond acceptors (Lipinski definition) is 8. The van der Waals surface area contributed by atoms with Gasteiger partial charge in [-0.15, -0.1) is 23.5 Å². The van der Waals surface area contributed by atoms with Gasteiger partial charge in [-0.1, -0.05) is 75.3 Å². The smallest absolute Gasteiger partial charge is 0.413 e. The van der Waals surface area contributed by atoms with Crippen LogP contribution < -0.4 is 16.0 Å². The van der Waals surface area contributed by atoms with Gasteiger partial charge < -0.3 is 14.8 Å². The van der Waals surface area contributed by atoms with E-state index in [1.165, 1.54) is 51.4 Å². The molecule has 10 heteroatoms. The number of carbonyl (C=O) groups is 3. The van der Waals surface area contributed by atoms with Gasteiger partial charge in [0.25, 0.3) is 0 Å². The van der Waals surface area contributed by atoms with Crippen molar-refractivity contribution in [3.8, 4) is 0 Å². The van der Waals surface area contributed by atoms with Crippen LogP contribution in [0.3, 0.4) is 0 Å². The van der Waals surface area contributed by atoms with E-state index < -0.39 is 17.9 Å². The van der Waals surface area contributed by atoms with Crippen molar-refractivity contribution in [3.05, 3.63) is 35.9 Å². The van der Waals surface area contributed by atoms with Gasteiger partial charge in [0.2, 0.25) is 11.8 Å². The average Bonchev–Trinajstić information content (AvgIpc) is 3.61. The van der Waals surface area contributed by atoms with E-state index in [0.29, 0.717) is 24.3 Å². The summed E-state index contributed by atoms with van der Waals surface area (Å²) < 4.78 is 10.6. The summed E-state index contributed by atoms with van der Waals surface area (Å²) in [7, 11) is 0. The number of rotatable bonds is 9. The number of alkyl carbamates (subject to hydrolysis) is 1. The number of thioether (sulfide) groups is 2. The first-order chi connectivity index (χ1) is 20.1. The first kappa shape index (κ1) is 30.7. The second-order valence-corrected chi connectivity index (χ2v) is 14.5. The molecule has 0 aromatic heterocycles. The van der Waals surface area contributed by atoms with Gasteiger partial charge in [0.05, 0.1) is 24.5 Å². The fourth-order valence-corrected chi connectivity index (χ4v) is 9.72. The molecule has 8 nitrogen and oxygen atoms in total. The molecule has 2 aliphatic carbocycles. The zero-order chi connectivity index (χ0) is 28.4. The summed E-state index contributed by atoms with van der Waals surface area (Å²) in [6.45, 7) is 0.728. The Balaban J connectivity index is 1.02. The fraction of sp³-hybridized carbons (Fsp3) is 0.710. The summed E-state index contributed by atoms with van der Waals surface area (Å²) in [6.07, 6.45) is 13.0. The molecule has 2 heterocycles. The van der Waals surface area contributed by atoms with Crippen molar-refractivity contribution in [1.29, 1.82) is 0 Å². The van der Waals surface area contributed by atoms with Crippen molar-refractivity contribution >= 4 is 41.4 Å². The lowest BCUT2D eigenvalue weighted by Gasteiger charge is -2.33. The van der Waals surface area contributed by atoms with E-state index in [2.05, 4.69) is 16.0 Å². The molecule has 1 aromatic rings. The Bertz CT molecular complexity index is 1010. The van der Waals surface area contributed by atoms with E-state index in [1.54, 1.807) is 23.5 Å². The van der Waals surface area contributed by atoms with Crippen molar-refractivity contribution in [3.63, 3.8) is 0 Å². The number of ether oxygens (including phenoxy) is 2. The number of fused-ring (bicyclic) bond motifs is 1. The molecule has 0 bridgehead atoms. The number of carbonyl (C=O) groups excluding carboxylic acids is 3. The molecule has 4 fully saturated rings. The van der Waals surface area contributed by atoms with Gasteiger partial charge in [-0.2, -0.15) is 0 Å². The Labute approximate surface area is 252 Å². The summed E-state index contributed by atoms with van der Waals surface area (Å²) in [5, 5.41) is 8.92. The first-order valence-corrected chi connectivity index (χ1v) is 17.5. The third kappa shape index (κ3) is 8.88. The van der Waals surface area contributed by atoms with E-state index in [4.69, 9.17) is 9.47 Å². The summed E-state index contributed by atoms with van der Waals surface area (Å²) in [6, 6.07) is 10.1. The quantitative estimate of drug-likeness (QED) is 0.331. The lowest BCUT2D eigenvalue weighted by atomic mass is 9.74. The summed E-state index contributed by atoms with van der Waals surface area (Å²) >= 11 is 3.32. The van der Waals surface area contributed by atoms with Crippen LogP contribution in [0.15, 0.2) is 30.3 Å². The number of imide groups is 1. The van der Waals surface area contributed by atoms with E-state index in [9.17, 15) is 14.4 Å². The normalized spacial score (nSPS) is 30.5. The van der Waals surface area contributed by atoms with Crippen LogP contribution in [0.4, 0.5) is 4.79 Å². The minimum Gasteiger partial charge on any atom is -0.447 e. The SMILES string of the molecule is O=C(NC(=O)C1CCSC1NC(=O)C1NC2CCC(C3CCCCC3)CCCC2S1)OCCOCc1ccccc1. The maximum Gasteiger partial charge on any atom is 0.413 e. The van der Waals surface area contributed by atoms with Crippen LogP contribution in [0.25, 0.3) is 0 Å². The van der Waals surface area contributed by atoms with Crippen LogP contribution >= 0.6 is 23.5 Å². The van der Waals surface area contributed by atoms with Crippen LogP contribution in [0.1, 0.15) is 76.2 Å². The molecule has 6 unspecified atom stereocenters. The van der Waals surface area contributed by atoms with Crippen molar-refractivity contribution in [2.45, 2.75) is 99.3 Å². The maximum absolute atomic E-state index is 13.3. The van der Waals surface area contributed by atoms with Crippen LogP contribution in [0.5, 0.6) is 0 Å². The van der Waals surface area contributed by atoms with Gasteiger partial charge in [0.15, 0.2) is 0 Å². The molecule has 226 valence electrons. The van der Waals surface area contributed by atoms with E-state index in [-0.39, 0.29) is 29.9 Å². The second kappa shape index (κ2) is 15.6. The van der Waals surface area contributed by atoms with Crippen LogP contribution in [0, 0.1) is 17.8 Å². The Kier molecular flexibility index (Phi) is 11.7. The molecule has 4 aliphatic rings. The minimum absolute atomic E-state index is 0.0547.